The van der Waals surface area contributed by atoms with E-state index >= 15 is 0 Å². The molecule has 6 heteroatoms. The van der Waals surface area contributed by atoms with E-state index in [2.05, 4.69) is 10.3 Å². The molecule has 1 N–H and O–H groups in total. The number of likely N-dealkylation sites (tertiary alicyclic amines) is 1. The van der Waals surface area contributed by atoms with Crippen molar-refractivity contribution in [2.45, 2.75) is 12.8 Å². The first-order valence-corrected chi connectivity index (χ1v) is 6.62. The number of aromatic nitrogens is 1. The van der Waals surface area contributed by atoms with Gasteiger partial charge >= 0.3 is 0 Å². The Morgan fingerprint density at radius 3 is 2.68 bits per heavy atom. The van der Waals surface area contributed by atoms with Crippen LogP contribution in [0.5, 0.6) is 0 Å². The molecule has 1 fully saturated rings. The van der Waals surface area contributed by atoms with Crippen LogP contribution < -0.4 is 5.32 Å². The Hall–Kier alpha value is -1.62. The van der Waals surface area contributed by atoms with Crippen molar-refractivity contribution in [3.63, 3.8) is 0 Å². The standard InChI is InChI=1S/C13H16ClN3O2/c1-15-12(18)9-4-7-17(8-5-9)13(19)10-3-2-6-16-11(10)14/h2-3,6,9H,4-5,7-8H2,1H3,(H,15,18). The molecule has 102 valence electrons. The van der Waals surface area contributed by atoms with Crippen LogP contribution in [0.4, 0.5) is 0 Å². The van der Waals surface area contributed by atoms with Gasteiger partial charge in [0, 0.05) is 32.3 Å². The highest BCUT2D eigenvalue weighted by Gasteiger charge is 2.28. The summed E-state index contributed by atoms with van der Waals surface area (Å²) in [7, 11) is 1.63. The zero-order chi connectivity index (χ0) is 13.8. The van der Waals surface area contributed by atoms with Gasteiger partial charge in [-0.2, -0.15) is 0 Å². The lowest BCUT2D eigenvalue weighted by Crippen LogP contribution is -2.42. The van der Waals surface area contributed by atoms with Crippen molar-refractivity contribution < 1.29 is 9.59 Å². The summed E-state index contributed by atoms with van der Waals surface area (Å²) < 4.78 is 0. The molecule has 0 radical (unpaired) electrons. The lowest BCUT2D eigenvalue weighted by molar-refractivity contribution is -0.125. The molecule has 1 aliphatic heterocycles. The molecule has 1 aliphatic rings. The highest BCUT2D eigenvalue weighted by atomic mass is 35.5. The smallest absolute Gasteiger partial charge is 0.256 e. The maximum Gasteiger partial charge on any atom is 0.256 e. The van der Waals surface area contributed by atoms with Gasteiger partial charge in [0.05, 0.1) is 5.56 Å². The van der Waals surface area contributed by atoms with Crippen LogP contribution in [0, 0.1) is 5.92 Å². The molecular formula is C13H16ClN3O2. The van der Waals surface area contributed by atoms with Crippen molar-refractivity contribution in [1.82, 2.24) is 15.2 Å². The third kappa shape index (κ3) is 3.04. The minimum absolute atomic E-state index is 0.00146. The molecule has 0 aromatic carbocycles. The Bertz CT molecular complexity index is 485. The van der Waals surface area contributed by atoms with Gasteiger partial charge in [-0.05, 0) is 25.0 Å². The van der Waals surface area contributed by atoms with Gasteiger partial charge in [-0.3, -0.25) is 9.59 Å². The Morgan fingerprint density at radius 2 is 2.11 bits per heavy atom. The number of nitrogens with zero attached hydrogens (tertiary/aromatic N) is 2. The Labute approximate surface area is 117 Å². The van der Waals surface area contributed by atoms with E-state index in [4.69, 9.17) is 11.6 Å². The molecule has 2 amide bonds. The predicted octanol–water partition coefficient (Wildman–Crippen LogP) is 1.33. The van der Waals surface area contributed by atoms with E-state index in [0.29, 0.717) is 31.5 Å². The number of carbonyl (C=O) groups excluding carboxylic acids is 2. The molecule has 0 unspecified atom stereocenters. The van der Waals surface area contributed by atoms with Crippen molar-refractivity contribution in [2.24, 2.45) is 5.92 Å². The number of amides is 2. The summed E-state index contributed by atoms with van der Waals surface area (Å²) in [5.74, 6) is -0.0709. The van der Waals surface area contributed by atoms with E-state index < -0.39 is 0 Å². The van der Waals surface area contributed by atoms with Crippen molar-refractivity contribution >= 4 is 23.4 Å². The molecule has 1 saturated heterocycles. The number of carbonyl (C=O) groups is 2. The fourth-order valence-electron chi connectivity index (χ4n) is 2.26. The largest absolute Gasteiger partial charge is 0.359 e. The lowest BCUT2D eigenvalue weighted by atomic mass is 9.95. The molecule has 0 spiro atoms. The molecule has 2 rings (SSSR count). The first-order chi connectivity index (χ1) is 9.13. The van der Waals surface area contributed by atoms with Crippen molar-refractivity contribution in [3.8, 4) is 0 Å². The van der Waals surface area contributed by atoms with Crippen LogP contribution in [0.15, 0.2) is 18.3 Å². The van der Waals surface area contributed by atoms with Crippen LogP contribution in [0.3, 0.4) is 0 Å². The maximum atomic E-state index is 12.3. The summed E-state index contributed by atoms with van der Waals surface area (Å²) in [6.07, 6.45) is 2.92. The number of halogens is 1. The molecule has 0 saturated carbocycles. The SMILES string of the molecule is CNC(=O)C1CCN(C(=O)c2cccnc2Cl)CC1. The normalized spacial score (nSPS) is 16.2. The average Bonchev–Trinajstić information content (AvgIpc) is 2.46. The van der Waals surface area contributed by atoms with Crippen LogP contribution in [0.25, 0.3) is 0 Å². The Balaban J connectivity index is 2.00. The zero-order valence-corrected chi connectivity index (χ0v) is 11.5. The zero-order valence-electron chi connectivity index (χ0n) is 10.7. The maximum absolute atomic E-state index is 12.3. The molecule has 0 atom stereocenters. The van der Waals surface area contributed by atoms with Crippen molar-refractivity contribution in [2.75, 3.05) is 20.1 Å². The van der Waals surface area contributed by atoms with Crippen LogP contribution in [-0.4, -0.2) is 41.8 Å². The number of rotatable bonds is 2. The van der Waals surface area contributed by atoms with E-state index in [9.17, 15) is 9.59 Å². The summed E-state index contributed by atoms with van der Waals surface area (Å²) in [5.41, 5.74) is 0.419. The fourth-order valence-corrected chi connectivity index (χ4v) is 2.46. The highest BCUT2D eigenvalue weighted by molar-refractivity contribution is 6.32. The van der Waals surface area contributed by atoms with Gasteiger partial charge < -0.3 is 10.2 Å². The van der Waals surface area contributed by atoms with Gasteiger partial charge in [-0.15, -0.1) is 0 Å². The summed E-state index contributed by atoms with van der Waals surface area (Å²) in [6.45, 7) is 1.14. The predicted molar refractivity (Wildman–Crippen MR) is 71.9 cm³/mol. The molecule has 2 heterocycles. The Kier molecular flexibility index (Phi) is 4.37. The van der Waals surface area contributed by atoms with Gasteiger partial charge in [0.2, 0.25) is 5.91 Å². The first kappa shape index (κ1) is 13.8. The first-order valence-electron chi connectivity index (χ1n) is 6.25. The highest BCUT2D eigenvalue weighted by Crippen LogP contribution is 2.21. The number of nitrogens with one attached hydrogen (secondary N) is 1. The second-order valence-electron chi connectivity index (χ2n) is 4.52. The number of piperidine rings is 1. The van der Waals surface area contributed by atoms with Gasteiger partial charge in [0.1, 0.15) is 5.15 Å². The fraction of sp³-hybridized carbons (Fsp3) is 0.462. The minimum atomic E-state index is -0.117. The third-order valence-corrected chi connectivity index (χ3v) is 3.69. The van der Waals surface area contributed by atoms with Gasteiger partial charge in [-0.25, -0.2) is 4.98 Å². The molecule has 5 nitrogen and oxygen atoms in total. The van der Waals surface area contributed by atoms with Crippen LogP contribution in [-0.2, 0) is 4.79 Å². The van der Waals surface area contributed by atoms with Crippen LogP contribution in [0.2, 0.25) is 5.15 Å². The van der Waals surface area contributed by atoms with Crippen LogP contribution in [0.1, 0.15) is 23.2 Å². The number of pyridine rings is 1. The van der Waals surface area contributed by atoms with Gasteiger partial charge in [0.25, 0.3) is 5.91 Å². The second kappa shape index (κ2) is 6.02. The van der Waals surface area contributed by atoms with E-state index in [1.54, 1.807) is 30.3 Å². The summed E-state index contributed by atoms with van der Waals surface area (Å²) >= 11 is 5.92. The van der Waals surface area contributed by atoms with E-state index in [1.807, 2.05) is 0 Å². The summed E-state index contributed by atoms with van der Waals surface area (Å²) in [5, 5.41) is 2.87. The quantitative estimate of drug-likeness (QED) is 0.832. The van der Waals surface area contributed by atoms with Gasteiger partial charge in [-0.1, -0.05) is 11.6 Å². The molecule has 0 bridgehead atoms. The molecule has 1 aromatic heterocycles. The van der Waals surface area contributed by atoms with E-state index in [1.165, 1.54) is 0 Å². The third-order valence-electron chi connectivity index (χ3n) is 3.39. The van der Waals surface area contributed by atoms with Crippen molar-refractivity contribution in [3.05, 3.63) is 29.0 Å². The summed E-state index contributed by atoms with van der Waals surface area (Å²) in [4.78, 5) is 29.4. The second-order valence-corrected chi connectivity index (χ2v) is 4.88. The van der Waals surface area contributed by atoms with E-state index in [0.717, 1.165) is 0 Å². The molecule has 19 heavy (non-hydrogen) atoms. The topological polar surface area (TPSA) is 62.3 Å². The Morgan fingerprint density at radius 1 is 1.42 bits per heavy atom. The summed E-state index contributed by atoms with van der Waals surface area (Å²) in [6, 6.07) is 3.36. The molecule has 1 aromatic rings. The van der Waals surface area contributed by atoms with Crippen molar-refractivity contribution in [1.29, 1.82) is 0 Å². The molecular weight excluding hydrogens is 266 g/mol. The number of hydrogen-bond acceptors (Lipinski definition) is 3. The average molecular weight is 282 g/mol. The monoisotopic (exact) mass is 281 g/mol. The minimum Gasteiger partial charge on any atom is -0.359 e. The molecule has 0 aliphatic carbocycles. The van der Waals surface area contributed by atoms with Crippen LogP contribution >= 0.6 is 11.6 Å². The number of hydrogen-bond donors (Lipinski definition) is 1. The lowest BCUT2D eigenvalue weighted by Gasteiger charge is -2.31. The van der Waals surface area contributed by atoms with Gasteiger partial charge in [0.15, 0.2) is 0 Å². The van der Waals surface area contributed by atoms with E-state index in [-0.39, 0.29) is 22.9 Å².